The number of hydrogen-bond donors (Lipinski definition) is 3. The summed E-state index contributed by atoms with van der Waals surface area (Å²) in [6, 6.07) is 13.8. The number of hydrogen-bond acceptors (Lipinski definition) is 4. The van der Waals surface area contributed by atoms with E-state index in [0.717, 1.165) is 6.42 Å². The SMILES string of the molecule is CCCOc1ccc(CNC(=NC)NCC(=O)Nc2ccccc2)c(OC(F)F)c1. The van der Waals surface area contributed by atoms with Crippen molar-refractivity contribution in [1.82, 2.24) is 10.6 Å². The predicted octanol–water partition coefficient (Wildman–Crippen LogP) is 3.38. The third kappa shape index (κ3) is 7.94. The Morgan fingerprint density at radius 1 is 1.13 bits per heavy atom. The standard InChI is InChI=1S/C21H26F2N4O3/c1-3-11-29-17-10-9-15(18(12-17)30-20(22)23)13-25-21(24-2)26-14-19(28)27-16-7-5-4-6-8-16/h4-10,12,20H,3,11,13-14H2,1-2H3,(H,27,28)(H2,24,25,26). The van der Waals surface area contributed by atoms with E-state index < -0.39 is 6.61 Å². The molecule has 0 unspecified atom stereocenters. The average Bonchev–Trinajstić information content (AvgIpc) is 2.73. The zero-order chi connectivity index (χ0) is 21.8. The molecule has 1 amide bonds. The molecule has 0 saturated heterocycles. The van der Waals surface area contributed by atoms with Crippen LogP contribution in [-0.4, -0.2) is 38.7 Å². The van der Waals surface area contributed by atoms with E-state index in [1.807, 2.05) is 25.1 Å². The van der Waals surface area contributed by atoms with Crippen LogP contribution in [0.15, 0.2) is 53.5 Å². The number of carbonyl (C=O) groups is 1. The van der Waals surface area contributed by atoms with Gasteiger partial charge in [0.05, 0.1) is 13.2 Å². The van der Waals surface area contributed by atoms with Crippen molar-refractivity contribution >= 4 is 17.6 Å². The van der Waals surface area contributed by atoms with Gasteiger partial charge in [-0.1, -0.05) is 25.1 Å². The summed E-state index contributed by atoms with van der Waals surface area (Å²) in [4.78, 5) is 16.1. The van der Waals surface area contributed by atoms with E-state index in [0.29, 0.717) is 29.6 Å². The first-order valence-electron chi connectivity index (χ1n) is 9.51. The summed E-state index contributed by atoms with van der Waals surface area (Å²) in [5, 5.41) is 8.59. The Morgan fingerprint density at radius 2 is 1.90 bits per heavy atom. The smallest absolute Gasteiger partial charge is 0.387 e. The number of amides is 1. The molecule has 0 heterocycles. The van der Waals surface area contributed by atoms with Gasteiger partial charge < -0.3 is 25.4 Å². The molecular formula is C21H26F2N4O3. The van der Waals surface area contributed by atoms with E-state index in [1.165, 1.54) is 6.07 Å². The Kier molecular flexibility index (Phi) is 9.36. The van der Waals surface area contributed by atoms with Crippen LogP contribution < -0.4 is 25.4 Å². The molecule has 0 bridgehead atoms. The van der Waals surface area contributed by atoms with E-state index in [4.69, 9.17) is 4.74 Å². The van der Waals surface area contributed by atoms with Gasteiger partial charge in [0.1, 0.15) is 11.5 Å². The molecule has 2 aromatic carbocycles. The minimum Gasteiger partial charge on any atom is -0.493 e. The largest absolute Gasteiger partial charge is 0.493 e. The van der Waals surface area contributed by atoms with Crippen LogP contribution in [0.1, 0.15) is 18.9 Å². The van der Waals surface area contributed by atoms with Crippen LogP contribution in [0.4, 0.5) is 14.5 Å². The second-order valence-electron chi connectivity index (χ2n) is 6.19. The molecule has 3 N–H and O–H groups in total. The first kappa shape index (κ1) is 22.9. The van der Waals surface area contributed by atoms with Crippen LogP contribution in [-0.2, 0) is 11.3 Å². The second-order valence-corrected chi connectivity index (χ2v) is 6.19. The maximum absolute atomic E-state index is 12.8. The maximum Gasteiger partial charge on any atom is 0.387 e. The van der Waals surface area contributed by atoms with Gasteiger partial charge in [0, 0.05) is 30.9 Å². The lowest BCUT2D eigenvalue weighted by Crippen LogP contribution is -2.41. The molecule has 9 heteroatoms. The van der Waals surface area contributed by atoms with Crippen molar-refractivity contribution in [3.8, 4) is 11.5 Å². The molecule has 2 rings (SSSR count). The first-order chi connectivity index (χ1) is 14.5. The number of benzene rings is 2. The van der Waals surface area contributed by atoms with Crippen LogP contribution in [0, 0.1) is 0 Å². The Labute approximate surface area is 174 Å². The number of rotatable bonds is 10. The van der Waals surface area contributed by atoms with Crippen molar-refractivity contribution in [3.05, 3.63) is 54.1 Å². The second kappa shape index (κ2) is 12.3. The van der Waals surface area contributed by atoms with E-state index in [2.05, 4.69) is 25.7 Å². The van der Waals surface area contributed by atoms with Crippen LogP contribution in [0.3, 0.4) is 0 Å². The number of nitrogens with one attached hydrogen (secondary N) is 3. The summed E-state index contributed by atoms with van der Waals surface area (Å²) in [6.07, 6.45) is 0.800. The van der Waals surface area contributed by atoms with Crippen LogP contribution in [0.25, 0.3) is 0 Å². The number of ether oxygens (including phenoxy) is 2. The Hall–Kier alpha value is -3.36. The van der Waals surface area contributed by atoms with E-state index in [1.54, 1.807) is 31.3 Å². The molecule has 7 nitrogen and oxygen atoms in total. The van der Waals surface area contributed by atoms with Gasteiger partial charge in [-0.2, -0.15) is 8.78 Å². The summed E-state index contributed by atoms with van der Waals surface area (Å²) in [5.74, 6) is 0.565. The molecule has 0 aliphatic heterocycles. The molecule has 0 radical (unpaired) electrons. The van der Waals surface area contributed by atoms with Gasteiger partial charge in [0.25, 0.3) is 0 Å². The Bertz CT molecular complexity index is 832. The van der Waals surface area contributed by atoms with Gasteiger partial charge in [-0.15, -0.1) is 0 Å². The normalized spacial score (nSPS) is 11.2. The van der Waals surface area contributed by atoms with Crippen LogP contribution in [0.5, 0.6) is 11.5 Å². The number of nitrogens with zero attached hydrogens (tertiary/aromatic N) is 1. The molecule has 2 aromatic rings. The maximum atomic E-state index is 12.8. The van der Waals surface area contributed by atoms with Gasteiger partial charge in [0.15, 0.2) is 5.96 Å². The lowest BCUT2D eigenvalue weighted by molar-refractivity contribution is -0.115. The van der Waals surface area contributed by atoms with Gasteiger partial charge in [-0.3, -0.25) is 9.79 Å². The molecule has 0 saturated carbocycles. The monoisotopic (exact) mass is 420 g/mol. The van der Waals surface area contributed by atoms with Crippen molar-refractivity contribution in [2.75, 3.05) is 25.5 Å². The molecular weight excluding hydrogens is 394 g/mol. The molecule has 0 aromatic heterocycles. The van der Waals surface area contributed by atoms with E-state index in [9.17, 15) is 13.6 Å². The molecule has 30 heavy (non-hydrogen) atoms. The highest BCUT2D eigenvalue weighted by molar-refractivity contribution is 5.94. The fourth-order valence-corrected chi connectivity index (χ4v) is 2.49. The van der Waals surface area contributed by atoms with Crippen LogP contribution >= 0.6 is 0 Å². The summed E-state index contributed by atoms with van der Waals surface area (Å²) < 4.78 is 35.6. The topological polar surface area (TPSA) is 84.0 Å². The number of halogens is 2. The molecule has 0 fully saturated rings. The number of alkyl halides is 2. The quantitative estimate of drug-likeness (QED) is 0.405. The Balaban J connectivity index is 1.92. The lowest BCUT2D eigenvalue weighted by atomic mass is 10.2. The summed E-state index contributed by atoms with van der Waals surface area (Å²) in [6.45, 7) is -0.375. The molecule has 0 aliphatic rings. The first-order valence-corrected chi connectivity index (χ1v) is 9.51. The van der Waals surface area contributed by atoms with Crippen molar-refractivity contribution < 1.29 is 23.0 Å². The number of guanidine groups is 1. The number of anilines is 1. The van der Waals surface area contributed by atoms with Gasteiger partial charge in [-0.05, 0) is 30.7 Å². The third-order valence-electron chi connectivity index (χ3n) is 3.87. The third-order valence-corrected chi connectivity index (χ3v) is 3.87. The highest BCUT2D eigenvalue weighted by Crippen LogP contribution is 2.26. The molecule has 0 spiro atoms. The summed E-state index contributed by atoms with van der Waals surface area (Å²) in [7, 11) is 1.54. The highest BCUT2D eigenvalue weighted by Gasteiger charge is 2.12. The summed E-state index contributed by atoms with van der Waals surface area (Å²) in [5.41, 5.74) is 1.18. The van der Waals surface area contributed by atoms with Crippen LogP contribution in [0.2, 0.25) is 0 Å². The van der Waals surface area contributed by atoms with Crippen molar-refractivity contribution in [1.29, 1.82) is 0 Å². The Morgan fingerprint density at radius 3 is 2.57 bits per heavy atom. The average molecular weight is 420 g/mol. The predicted molar refractivity (Wildman–Crippen MR) is 112 cm³/mol. The number of aliphatic imine (C=N–C) groups is 1. The molecule has 162 valence electrons. The zero-order valence-electron chi connectivity index (χ0n) is 17.0. The van der Waals surface area contributed by atoms with E-state index in [-0.39, 0.29) is 24.7 Å². The minimum atomic E-state index is -2.95. The van der Waals surface area contributed by atoms with Crippen molar-refractivity contribution in [2.45, 2.75) is 26.5 Å². The fourth-order valence-electron chi connectivity index (χ4n) is 2.49. The van der Waals surface area contributed by atoms with Crippen molar-refractivity contribution in [2.24, 2.45) is 4.99 Å². The summed E-state index contributed by atoms with van der Waals surface area (Å²) >= 11 is 0. The minimum absolute atomic E-state index is 0.0151. The van der Waals surface area contributed by atoms with Gasteiger partial charge >= 0.3 is 6.61 Å². The number of carbonyl (C=O) groups excluding carboxylic acids is 1. The molecule has 0 aliphatic carbocycles. The lowest BCUT2D eigenvalue weighted by Gasteiger charge is -2.16. The molecule has 0 atom stereocenters. The number of para-hydroxylation sites is 1. The zero-order valence-corrected chi connectivity index (χ0v) is 17.0. The van der Waals surface area contributed by atoms with E-state index >= 15 is 0 Å². The fraction of sp³-hybridized carbons (Fsp3) is 0.333. The van der Waals surface area contributed by atoms with Crippen molar-refractivity contribution in [3.63, 3.8) is 0 Å². The van der Waals surface area contributed by atoms with Gasteiger partial charge in [0.2, 0.25) is 5.91 Å². The van der Waals surface area contributed by atoms with Gasteiger partial charge in [-0.25, -0.2) is 0 Å². The highest BCUT2D eigenvalue weighted by atomic mass is 19.3.